The first kappa shape index (κ1) is 20.0. The molecule has 0 radical (unpaired) electrons. The summed E-state index contributed by atoms with van der Waals surface area (Å²) in [4.78, 5) is 12.8. The van der Waals surface area contributed by atoms with Gasteiger partial charge in [0.2, 0.25) is 0 Å². The molecule has 3 aromatic carbocycles. The highest BCUT2D eigenvalue weighted by Crippen LogP contribution is 2.26. The number of quaternary nitrogens is 1. The Morgan fingerprint density at radius 1 is 0.857 bits per heavy atom. The van der Waals surface area contributed by atoms with E-state index in [9.17, 15) is 13.6 Å². The van der Waals surface area contributed by atoms with Crippen molar-refractivity contribution in [1.82, 2.24) is 0 Å². The minimum atomic E-state index is -2.46. The van der Waals surface area contributed by atoms with Crippen LogP contribution in [0.4, 0.5) is 14.5 Å². The molecule has 144 valence electrons. The standard InChI is InChI=1S/C22H20F2N2OS/c23-22(24)28-19-13-11-18(12-14-19)26-20(27)15-25-21(16-7-3-1-4-8-16)17-9-5-2-6-10-17/h1-14,21-22,25H,15H2,(H,26,27)/p+1. The molecular weight excluding hydrogens is 378 g/mol. The van der Waals surface area contributed by atoms with E-state index in [0.29, 0.717) is 22.3 Å². The van der Waals surface area contributed by atoms with Gasteiger partial charge in [-0.3, -0.25) is 4.79 Å². The highest BCUT2D eigenvalue weighted by Gasteiger charge is 2.18. The normalized spacial score (nSPS) is 11.0. The number of thioether (sulfide) groups is 1. The Hall–Kier alpha value is -2.70. The van der Waals surface area contributed by atoms with E-state index in [4.69, 9.17) is 0 Å². The molecule has 0 aromatic heterocycles. The molecule has 6 heteroatoms. The fourth-order valence-electron chi connectivity index (χ4n) is 2.94. The molecule has 0 aliphatic rings. The van der Waals surface area contributed by atoms with Crippen LogP contribution in [0.5, 0.6) is 0 Å². The van der Waals surface area contributed by atoms with Crippen molar-refractivity contribution in [2.45, 2.75) is 16.7 Å². The summed E-state index contributed by atoms with van der Waals surface area (Å²) in [5.41, 5.74) is 2.83. The molecule has 0 aliphatic heterocycles. The maximum atomic E-state index is 12.4. The Balaban J connectivity index is 1.62. The predicted molar refractivity (Wildman–Crippen MR) is 108 cm³/mol. The summed E-state index contributed by atoms with van der Waals surface area (Å²) in [5.74, 6) is -2.60. The van der Waals surface area contributed by atoms with Crippen LogP contribution in [0.1, 0.15) is 17.2 Å². The molecule has 0 atom stereocenters. The van der Waals surface area contributed by atoms with E-state index in [1.807, 2.05) is 66.0 Å². The van der Waals surface area contributed by atoms with E-state index < -0.39 is 5.76 Å². The van der Waals surface area contributed by atoms with E-state index in [2.05, 4.69) is 5.32 Å². The molecule has 3 rings (SSSR count). The molecule has 0 saturated carbocycles. The number of hydrogen-bond acceptors (Lipinski definition) is 2. The lowest BCUT2D eigenvalue weighted by molar-refractivity contribution is -0.676. The SMILES string of the molecule is O=C(C[NH2+]C(c1ccccc1)c1ccccc1)Nc1ccc(SC(F)F)cc1. The molecule has 0 unspecified atom stereocenters. The van der Waals surface area contributed by atoms with E-state index in [1.165, 1.54) is 0 Å². The first-order valence-corrected chi connectivity index (χ1v) is 9.78. The van der Waals surface area contributed by atoms with E-state index >= 15 is 0 Å². The van der Waals surface area contributed by atoms with Gasteiger partial charge in [-0.1, -0.05) is 72.4 Å². The summed E-state index contributed by atoms with van der Waals surface area (Å²) in [6.45, 7) is 0.238. The van der Waals surface area contributed by atoms with Crippen molar-refractivity contribution < 1.29 is 18.9 Å². The summed E-state index contributed by atoms with van der Waals surface area (Å²) in [7, 11) is 0. The average Bonchev–Trinajstić information content (AvgIpc) is 2.71. The number of carbonyl (C=O) groups excluding carboxylic acids is 1. The third-order valence-electron chi connectivity index (χ3n) is 4.22. The number of rotatable bonds is 8. The zero-order valence-corrected chi connectivity index (χ0v) is 15.9. The summed E-state index contributed by atoms with van der Waals surface area (Å²) >= 11 is 0.483. The van der Waals surface area contributed by atoms with Gasteiger partial charge in [0.25, 0.3) is 11.7 Å². The zero-order chi connectivity index (χ0) is 19.8. The molecule has 0 aliphatic carbocycles. The molecule has 3 N–H and O–H groups in total. The van der Waals surface area contributed by atoms with Gasteiger partial charge >= 0.3 is 0 Å². The van der Waals surface area contributed by atoms with Crippen molar-refractivity contribution in [1.29, 1.82) is 0 Å². The molecule has 0 saturated heterocycles. The predicted octanol–water partition coefficient (Wildman–Crippen LogP) is 4.29. The highest BCUT2D eigenvalue weighted by atomic mass is 32.2. The number of halogens is 2. The fraction of sp³-hybridized carbons (Fsp3) is 0.136. The minimum Gasteiger partial charge on any atom is -0.328 e. The first-order valence-electron chi connectivity index (χ1n) is 8.90. The van der Waals surface area contributed by atoms with Gasteiger partial charge in [0.05, 0.1) is 0 Å². The quantitative estimate of drug-likeness (QED) is 0.555. The minimum absolute atomic E-state index is 0.0120. The smallest absolute Gasteiger partial charge is 0.288 e. The monoisotopic (exact) mass is 399 g/mol. The number of carbonyl (C=O) groups is 1. The Morgan fingerprint density at radius 3 is 1.89 bits per heavy atom. The number of anilines is 1. The Kier molecular flexibility index (Phi) is 7.17. The van der Waals surface area contributed by atoms with Gasteiger partial charge in [0.15, 0.2) is 6.54 Å². The second-order valence-corrected chi connectivity index (χ2v) is 7.25. The first-order chi connectivity index (χ1) is 13.6. The van der Waals surface area contributed by atoms with Crippen LogP contribution in [-0.2, 0) is 4.79 Å². The lowest BCUT2D eigenvalue weighted by atomic mass is 9.99. The van der Waals surface area contributed by atoms with Crippen LogP contribution in [0.2, 0.25) is 0 Å². The van der Waals surface area contributed by atoms with Crippen LogP contribution in [-0.4, -0.2) is 18.2 Å². The molecule has 28 heavy (non-hydrogen) atoms. The highest BCUT2D eigenvalue weighted by molar-refractivity contribution is 7.99. The van der Waals surface area contributed by atoms with Crippen molar-refractivity contribution in [3.8, 4) is 0 Å². The molecular formula is C22H21F2N2OS+. The van der Waals surface area contributed by atoms with Gasteiger partial charge in [-0.25, -0.2) is 0 Å². The van der Waals surface area contributed by atoms with Crippen LogP contribution in [0.3, 0.4) is 0 Å². The average molecular weight is 399 g/mol. The lowest BCUT2D eigenvalue weighted by Gasteiger charge is -2.16. The van der Waals surface area contributed by atoms with E-state index in [0.717, 1.165) is 11.1 Å². The van der Waals surface area contributed by atoms with Gasteiger partial charge in [-0.05, 0) is 24.3 Å². The largest absolute Gasteiger partial charge is 0.328 e. The van der Waals surface area contributed by atoms with Crippen LogP contribution in [0, 0.1) is 0 Å². The van der Waals surface area contributed by atoms with Crippen LogP contribution in [0.15, 0.2) is 89.8 Å². The Labute approximate surface area is 167 Å². The van der Waals surface area contributed by atoms with Crippen molar-refractivity contribution >= 4 is 23.4 Å². The maximum absolute atomic E-state index is 12.4. The van der Waals surface area contributed by atoms with Gasteiger partial charge in [-0.15, -0.1) is 0 Å². The van der Waals surface area contributed by atoms with E-state index in [1.54, 1.807) is 24.3 Å². The van der Waals surface area contributed by atoms with Gasteiger partial charge in [0, 0.05) is 21.7 Å². The van der Waals surface area contributed by atoms with Crippen molar-refractivity contribution in [2.75, 3.05) is 11.9 Å². The number of nitrogens with two attached hydrogens (primary N) is 1. The molecule has 0 bridgehead atoms. The van der Waals surface area contributed by atoms with Crippen molar-refractivity contribution in [3.63, 3.8) is 0 Å². The van der Waals surface area contributed by atoms with Gasteiger partial charge < -0.3 is 10.6 Å². The van der Waals surface area contributed by atoms with Crippen LogP contribution in [0.25, 0.3) is 0 Å². The molecule has 3 nitrogen and oxygen atoms in total. The van der Waals surface area contributed by atoms with E-state index in [-0.39, 0.29) is 18.5 Å². The fourth-order valence-corrected chi connectivity index (χ4v) is 3.44. The summed E-state index contributed by atoms with van der Waals surface area (Å²) < 4.78 is 24.8. The Bertz CT molecular complexity index is 835. The number of hydrogen-bond donors (Lipinski definition) is 2. The maximum Gasteiger partial charge on any atom is 0.288 e. The summed E-state index contributed by atoms with van der Waals surface area (Å²) in [6.07, 6.45) is 0. The molecule has 0 heterocycles. The van der Waals surface area contributed by atoms with Crippen LogP contribution >= 0.6 is 11.8 Å². The van der Waals surface area contributed by atoms with Crippen LogP contribution < -0.4 is 10.6 Å². The molecule has 0 spiro atoms. The second-order valence-electron chi connectivity index (χ2n) is 6.19. The van der Waals surface area contributed by atoms with Gasteiger partial charge in [0.1, 0.15) is 6.04 Å². The van der Waals surface area contributed by atoms with Gasteiger partial charge in [-0.2, -0.15) is 8.78 Å². The zero-order valence-electron chi connectivity index (χ0n) is 15.1. The molecule has 1 amide bonds. The lowest BCUT2D eigenvalue weighted by Crippen LogP contribution is -2.87. The van der Waals surface area contributed by atoms with Crippen molar-refractivity contribution in [2.24, 2.45) is 0 Å². The number of nitrogens with one attached hydrogen (secondary N) is 1. The topological polar surface area (TPSA) is 45.7 Å². The third kappa shape index (κ3) is 5.90. The molecule has 3 aromatic rings. The number of benzene rings is 3. The third-order valence-corrected chi connectivity index (χ3v) is 4.94. The molecule has 0 fully saturated rings. The van der Waals surface area contributed by atoms with Crippen molar-refractivity contribution in [3.05, 3.63) is 96.1 Å². The summed E-state index contributed by atoms with van der Waals surface area (Å²) in [5, 5.41) is 4.80. The Morgan fingerprint density at radius 2 is 1.39 bits per heavy atom. The second kappa shape index (κ2) is 10.0. The number of alkyl halides is 2. The summed E-state index contributed by atoms with van der Waals surface area (Å²) in [6, 6.07) is 26.5. The number of amides is 1.